The first-order valence-corrected chi connectivity index (χ1v) is 6.34. The quantitative estimate of drug-likeness (QED) is 0.799. The number of pyridine rings is 2. The second-order valence-corrected chi connectivity index (χ2v) is 4.43. The van der Waals surface area contributed by atoms with Crippen LogP contribution in [-0.2, 0) is 0 Å². The number of rotatable bonds is 3. The molecule has 0 radical (unpaired) electrons. The second kappa shape index (κ2) is 5.68. The van der Waals surface area contributed by atoms with Crippen LogP contribution in [0, 0.1) is 0 Å². The molecule has 104 valence electrons. The molecule has 0 aliphatic rings. The summed E-state index contributed by atoms with van der Waals surface area (Å²) in [4.78, 5) is 24.2. The number of amides is 1. The molecule has 7 nitrogen and oxygen atoms in total. The number of carbonyl (C=O) groups excluding carboxylic acids is 1. The maximum absolute atomic E-state index is 12.3. The first-order valence-electron chi connectivity index (χ1n) is 5.96. The highest BCUT2D eigenvalue weighted by molar-refractivity contribution is 6.34. The Morgan fingerprint density at radius 2 is 2.14 bits per heavy atom. The first kappa shape index (κ1) is 13.2. The normalized spacial score (nSPS) is 10.3. The van der Waals surface area contributed by atoms with Crippen molar-refractivity contribution in [2.75, 3.05) is 5.32 Å². The highest BCUT2D eigenvalue weighted by Gasteiger charge is 2.13. The lowest BCUT2D eigenvalue weighted by Gasteiger charge is -2.10. The molecule has 21 heavy (non-hydrogen) atoms. The predicted molar refractivity (Wildman–Crippen MR) is 76.4 cm³/mol. The number of carbonyl (C=O) groups is 1. The second-order valence-electron chi connectivity index (χ2n) is 4.02. The number of hydrogen-bond acceptors (Lipinski definition) is 5. The zero-order chi connectivity index (χ0) is 14.7. The van der Waals surface area contributed by atoms with Gasteiger partial charge < -0.3 is 5.32 Å². The molecule has 3 heterocycles. The van der Waals surface area contributed by atoms with Crippen molar-refractivity contribution in [3.05, 3.63) is 60.0 Å². The van der Waals surface area contributed by atoms with Crippen LogP contribution in [0.4, 0.5) is 5.69 Å². The third-order valence-corrected chi connectivity index (χ3v) is 2.99. The SMILES string of the molecule is O=C(Nc1cccnc1-n1cncn1)c1ccncc1Cl. The molecule has 0 aliphatic carbocycles. The molecule has 0 unspecified atom stereocenters. The van der Waals surface area contributed by atoms with Crippen LogP contribution in [0.2, 0.25) is 5.02 Å². The van der Waals surface area contributed by atoms with Gasteiger partial charge in [0.1, 0.15) is 12.7 Å². The summed E-state index contributed by atoms with van der Waals surface area (Å²) in [7, 11) is 0. The van der Waals surface area contributed by atoms with Crippen LogP contribution in [0.1, 0.15) is 10.4 Å². The van der Waals surface area contributed by atoms with Crippen LogP contribution in [-0.4, -0.2) is 30.6 Å². The van der Waals surface area contributed by atoms with Gasteiger partial charge in [0.2, 0.25) is 0 Å². The van der Waals surface area contributed by atoms with Crippen molar-refractivity contribution in [3.8, 4) is 5.82 Å². The van der Waals surface area contributed by atoms with Gasteiger partial charge in [-0.05, 0) is 18.2 Å². The maximum Gasteiger partial charge on any atom is 0.257 e. The molecular weight excluding hydrogens is 292 g/mol. The van der Waals surface area contributed by atoms with Gasteiger partial charge in [-0.2, -0.15) is 5.10 Å². The molecule has 0 spiro atoms. The molecule has 0 saturated carbocycles. The van der Waals surface area contributed by atoms with E-state index in [1.807, 2.05) is 0 Å². The molecule has 1 N–H and O–H groups in total. The average molecular weight is 301 g/mol. The Labute approximate surface area is 124 Å². The fourth-order valence-electron chi connectivity index (χ4n) is 1.74. The van der Waals surface area contributed by atoms with E-state index in [0.29, 0.717) is 17.1 Å². The smallest absolute Gasteiger partial charge is 0.257 e. The highest BCUT2D eigenvalue weighted by Crippen LogP contribution is 2.19. The number of aromatic nitrogens is 5. The van der Waals surface area contributed by atoms with E-state index >= 15 is 0 Å². The van der Waals surface area contributed by atoms with Crippen molar-refractivity contribution in [3.63, 3.8) is 0 Å². The summed E-state index contributed by atoms with van der Waals surface area (Å²) >= 11 is 5.96. The van der Waals surface area contributed by atoms with Gasteiger partial charge in [-0.1, -0.05) is 11.6 Å². The van der Waals surface area contributed by atoms with E-state index in [2.05, 4.69) is 25.4 Å². The van der Waals surface area contributed by atoms with Crippen LogP contribution >= 0.6 is 11.6 Å². The molecular formula is C13H9ClN6O. The fourth-order valence-corrected chi connectivity index (χ4v) is 1.95. The molecule has 3 rings (SSSR count). The lowest BCUT2D eigenvalue weighted by atomic mass is 10.2. The minimum Gasteiger partial charge on any atom is -0.319 e. The van der Waals surface area contributed by atoms with Gasteiger partial charge in [0, 0.05) is 18.6 Å². The van der Waals surface area contributed by atoms with Gasteiger partial charge in [-0.15, -0.1) is 0 Å². The summed E-state index contributed by atoms with van der Waals surface area (Å²) < 4.78 is 1.46. The number of nitrogens with zero attached hydrogens (tertiary/aromatic N) is 5. The largest absolute Gasteiger partial charge is 0.319 e. The van der Waals surface area contributed by atoms with Gasteiger partial charge in [0.25, 0.3) is 5.91 Å². The maximum atomic E-state index is 12.3. The zero-order valence-electron chi connectivity index (χ0n) is 10.6. The Balaban J connectivity index is 1.93. The van der Waals surface area contributed by atoms with Crippen molar-refractivity contribution < 1.29 is 4.79 Å². The molecule has 8 heteroatoms. The topological polar surface area (TPSA) is 85.6 Å². The van der Waals surface area contributed by atoms with Gasteiger partial charge in [0.15, 0.2) is 5.82 Å². The number of anilines is 1. The van der Waals surface area contributed by atoms with E-state index in [1.54, 1.807) is 24.4 Å². The minimum atomic E-state index is -0.350. The Hall–Kier alpha value is -2.80. The molecule has 0 saturated heterocycles. The Morgan fingerprint density at radius 1 is 1.24 bits per heavy atom. The monoisotopic (exact) mass is 300 g/mol. The zero-order valence-corrected chi connectivity index (χ0v) is 11.4. The number of nitrogens with one attached hydrogen (secondary N) is 1. The summed E-state index contributed by atoms with van der Waals surface area (Å²) in [6.07, 6.45) is 7.41. The van der Waals surface area contributed by atoms with E-state index in [1.165, 1.54) is 29.7 Å². The molecule has 1 amide bonds. The summed E-state index contributed by atoms with van der Waals surface area (Å²) in [6, 6.07) is 4.98. The summed E-state index contributed by atoms with van der Waals surface area (Å²) in [5, 5.41) is 7.03. The number of hydrogen-bond donors (Lipinski definition) is 1. The molecule has 0 aromatic carbocycles. The van der Waals surface area contributed by atoms with Crippen LogP contribution in [0.25, 0.3) is 5.82 Å². The molecule has 0 fully saturated rings. The van der Waals surface area contributed by atoms with Crippen molar-refractivity contribution >= 4 is 23.2 Å². The van der Waals surface area contributed by atoms with Gasteiger partial charge >= 0.3 is 0 Å². The summed E-state index contributed by atoms with van der Waals surface area (Å²) in [5.74, 6) is 0.116. The van der Waals surface area contributed by atoms with Crippen LogP contribution in [0.3, 0.4) is 0 Å². The lowest BCUT2D eigenvalue weighted by molar-refractivity contribution is 0.102. The third kappa shape index (κ3) is 2.72. The Kier molecular flexibility index (Phi) is 3.57. The lowest BCUT2D eigenvalue weighted by Crippen LogP contribution is -2.15. The van der Waals surface area contributed by atoms with E-state index in [4.69, 9.17) is 11.6 Å². The first-order chi connectivity index (χ1) is 10.3. The van der Waals surface area contributed by atoms with Crippen LogP contribution in [0.15, 0.2) is 49.4 Å². The Morgan fingerprint density at radius 3 is 2.90 bits per heavy atom. The van der Waals surface area contributed by atoms with E-state index in [-0.39, 0.29) is 10.9 Å². The van der Waals surface area contributed by atoms with Crippen molar-refractivity contribution in [2.24, 2.45) is 0 Å². The predicted octanol–water partition coefficient (Wildman–Crippen LogP) is 1.96. The molecule has 3 aromatic heterocycles. The average Bonchev–Trinajstić information content (AvgIpc) is 3.02. The van der Waals surface area contributed by atoms with Crippen molar-refractivity contribution in [1.82, 2.24) is 24.7 Å². The summed E-state index contributed by atoms with van der Waals surface area (Å²) in [6.45, 7) is 0. The molecule has 0 bridgehead atoms. The summed E-state index contributed by atoms with van der Waals surface area (Å²) in [5.41, 5.74) is 0.834. The molecule has 0 atom stereocenters. The van der Waals surface area contributed by atoms with Gasteiger partial charge in [-0.3, -0.25) is 9.78 Å². The van der Waals surface area contributed by atoms with Gasteiger partial charge in [-0.25, -0.2) is 14.6 Å². The standard InChI is InChI=1S/C13H9ClN6O/c14-10-6-15-5-3-9(10)13(21)19-11-2-1-4-17-12(11)20-8-16-7-18-20/h1-8H,(H,19,21). The van der Waals surface area contributed by atoms with Gasteiger partial charge in [0.05, 0.1) is 16.3 Å². The van der Waals surface area contributed by atoms with E-state index in [9.17, 15) is 4.79 Å². The molecule has 0 aliphatic heterocycles. The number of halogens is 1. The highest BCUT2D eigenvalue weighted by atomic mass is 35.5. The van der Waals surface area contributed by atoms with Crippen molar-refractivity contribution in [1.29, 1.82) is 0 Å². The minimum absolute atomic E-state index is 0.279. The van der Waals surface area contributed by atoms with Crippen LogP contribution < -0.4 is 5.32 Å². The third-order valence-electron chi connectivity index (χ3n) is 2.69. The molecule has 3 aromatic rings. The van der Waals surface area contributed by atoms with E-state index < -0.39 is 0 Å². The van der Waals surface area contributed by atoms with Crippen molar-refractivity contribution in [2.45, 2.75) is 0 Å². The Bertz CT molecular complexity index is 774. The fraction of sp³-hybridized carbons (Fsp3) is 0. The van der Waals surface area contributed by atoms with Crippen LogP contribution in [0.5, 0.6) is 0 Å². The van der Waals surface area contributed by atoms with E-state index in [0.717, 1.165) is 0 Å².